The molecular weight excluding hydrogens is 236 g/mol. The molecule has 0 saturated carbocycles. The van der Waals surface area contributed by atoms with Crippen LogP contribution >= 0.6 is 0 Å². The van der Waals surface area contributed by atoms with E-state index in [2.05, 4.69) is 39.7 Å². The highest BCUT2D eigenvalue weighted by Gasteiger charge is 2.18. The minimum absolute atomic E-state index is 0.293. The van der Waals surface area contributed by atoms with Crippen molar-refractivity contribution in [3.63, 3.8) is 0 Å². The first-order valence-electron chi connectivity index (χ1n) is 7.26. The van der Waals surface area contributed by atoms with Gasteiger partial charge in [0.05, 0.1) is 5.69 Å². The second kappa shape index (κ2) is 6.36. The van der Waals surface area contributed by atoms with Crippen LogP contribution in [0.2, 0.25) is 0 Å². The molecule has 19 heavy (non-hydrogen) atoms. The predicted octanol–water partition coefficient (Wildman–Crippen LogP) is 3.79. The second-order valence-corrected chi connectivity index (χ2v) is 6.88. The van der Waals surface area contributed by atoms with E-state index >= 15 is 0 Å². The molecule has 0 N–H and O–H groups in total. The van der Waals surface area contributed by atoms with Crippen LogP contribution in [-0.2, 0) is 17.8 Å². The number of carbonyl (C=O) groups is 1. The Labute approximate surface area is 117 Å². The average molecular weight is 264 g/mol. The lowest BCUT2D eigenvalue weighted by Gasteiger charge is -2.22. The second-order valence-electron chi connectivity index (χ2n) is 6.88. The lowest BCUT2D eigenvalue weighted by molar-refractivity contribution is -0.119. The number of aromatic nitrogens is 2. The third-order valence-electron chi connectivity index (χ3n) is 3.20. The van der Waals surface area contributed by atoms with Crippen molar-refractivity contribution in [1.82, 2.24) is 9.78 Å². The Bertz CT molecular complexity index is 426. The van der Waals surface area contributed by atoms with Gasteiger partial charge in [0, 0.05) is 25.1 Å². The molecule has 0 spiro atoms. The van der Waals surface area contributed by atoms with Gasteiger partial charge in [-0.3, -0.25) is 9.48 Å². The van der Waals surface area contributed by atoms with E-state index in [-0.39, 0.29) is 0 Å². The first-order valence-corrected chi connectivity index (χ1v) is 7.26. The van der Waals surface area contributed by atoms with E-state index in [9.17, 15) is 4.79 Å². The van der Waals surface area contributed by atoms with Gasteiger partial charge in [0.2, 0.25) is 0 Å². The van der Waals surface area contributed by atoms with Crippen molar-refractivity contribution in [2.24, 2.45) is 11.3 Å². The molecule has 0 aliphatic carbocycles. The van der Waals surface area contributed by atoms with E-state index in [0.29, 0.717) is 30.0 Å². The molecule has 0 bridgehead atoms. The first kappa shape index (κ1) is 15.9. The standard InChI is InChI=1S/C16H28N2O/c1-7-18-14(9-13(3)17-18)10-15(19)8-12(2)11-16(4,5)6/h9,12H,7-8,10-11H2,1-6H3. The molecule has 0 fully saturated rings. The highest BCUT2D eigenvalue weighted by Crippen LogP contribution is 2.26. The summed E-state index contributed by atoms with van der Waals surface area (Å²) >= 11 is 0. The predicted molar refractivity (Wildman–Crippen MR) is 79.2 cm³/mol. The lowest BCUT2D eigenvalue weighted by atomic mass is 9.83. The summed E-state index contributed by atoms with van der Waals surface area (Å²) in [4.78, 5) is 12.1. The molecule has 0 saturated heterocycles. The fourth-order valence-corrected chi connectivity index (χ4v) is 2.80. The molecule has 1 unspecified atom stereocenters. The van der Waals surface area contributed by atoms with E-state index in [4.69, 9.17) is 0 Å². The summed E-state index contributed by atoms with van der Waals surface area (Å²) in [6, 6.07) is 2.02. The largest absolute Gasteiger partial charge is 0.299 e. The van der Waals surface area contributed by atoms with Crippen molar-refractivity contribution in [3.8, 4) is 0 Å². The summed E-state index contributed by atoms with van der Waals surface area (Å²) in [5.74, 6) is 0.776. The number of hydrogen-bond acceptors (Lipinski definition) is 2. The monoisotopic (exact) mass is 264 g/mol. The molecule has 108 valence electrons. The van der Waals surface area contributed by atoms with Crippen molar-refractivity contribution in [2.75, 3.05) is 0 Å². The first-order chi connectivity index (χ1) is 8.71. The van der Waals surface area contributed by atoms with Crippen LogP contribution in [0.5, 0.6) is 0 Å². The molecule has 3 heteroatoms. The molecule has 3 nitrogen and oxygen atoms in total. The van der Waals surface area contributed by atoms with E-state index < -0.39 is 0 Å². The number of aryl methyl sites for hydroxylation is 2. The Kier molecular flexibility index (Phi) is 5.33. The maximum atomic E-state index is 12.1. The molecule has 1 aromatic rings. The third kappa shape index (κ3) is 5.58. The third-order valence-corrected chi connectivity index (χ3v) is 3.20. The van der Waals surface area contributed by atoms with Crippen LogP contribution in [0.25, 0.3) is 0 Å². The maximum absolute atomic E-state index is 12.1. The van der Waals surface area contributed by atoms with Gasteiger partial charge >= 0.3 is 0 Å². The van der Waals surface area contributed by atoms with Gasteiger partial charge in [0.15, 0.2) is 0 Å². The summed E-state index contributed by atoms with van der Waals surface area (Å²) in [5.41, 5.74) is 2.34. The molecule has 0 aliphatic heterocycles. The highest BCUT2D eigenvalue weighted by molar-refractivity contribution is 5.80. The lowest BCUT2D eigenvalue weighted by Crippen LogP contribution is -2.16. The maximum Gasteiger partial charge on any atom is 0.139 e. The fourth-order valence-electron chi connectivity index (χ4n) is 2.80. The van der Waals surface area contributed by atoms with Crippen LogP contribution in [-0.4, -0.2) is 15.6 Å². The highest BCUT2D eigenvalue weighted by atomic mass is 16.1. The fraction of sp³-hybridized carbons (Fsp3) is 0.750. The van der Waals surface area contributed by atoms with Crippen LogP contribution in [0.15, 0.2) is 6.07 Å². The van der Waals surface area contributed by atoms with E-state index in [1.165, 1.54) is 0 Å². The minimum Gasteiger partial charge on any atom is -0.299 e. The minimum atomic E-state index is 0.293. The van der Waals surface area contributed by atoms with Crippen molar-refractivity contribution in [3.05, 3.63) is 17.5 Å². The SMILES string of the molecule is CCn1nc(C)cc1CC(=O)CC(C)CC(C)(C)C. The molecule has 0 amide bonds. The summed E-state index contributed by atoms with van der Waals surface area (Å²) in [6.45, 7) is 13.7. The summed E-state index contributed by atoms with van der Waals surface area (Å²) in [5, 5.41) is 4.39. The zero-order valence-corrected chi connectivity index (χ0v) is 13.3. The van der Waals surface area contributed by atoms with E-state index in [1.807, 2.05) is 17.7 Å². The zero-order chi connectivity index (χ0) is 14.6. The molecule has 1 aromatic heterocycles. The molecule has 0 aliphatic rings. The summed E-state index contributed by atoms with van der Waals surface area (Å²) in [7, 11) is 0. The van der Waals surface area contributed by atoms with Gasteiger partial charge in [-0.15, -0.1) is 0 Å². The van der Waals surface area contributed by atoms with Gasteiger partial charge in [-0.2, -0.15) is 5.10 Å². The van der Waals surface area contributed by atoms with Crippen molar-refractivity contribution < 1.29 is 4.79 Å². The summed E-state index contributed by atoms with van der Waals surface area (Å²) in [6.07, 6.45) is 2.28. The average Bonchev–Trinajstić information content (AvgIpc) is 2.55. The number of carbonyl (C=O) groups excluding carboxylic acids is 1. The van der Waals surface area contributed by atoms with Gasteiger partial charge in [0.1, 0.15) is 5.78 Å². The quantitative estimate of drug-likeness (QED) is 0.783. The normalized spacial score (nSPS) is 13.6. The van der Waals surface area contributed by atoms with Crippen molar-refractivity contribution in [1.29, 1.82) is 0 Å². The van der Waals surface area contributed by atoms with Crippen LogP contribution in [0, 0.1) is 18.3 Å². The summed E-state index contributed by atoms with van der Waals surface area (Å²) < 4.78 is 1.93. The molecule has 0 aromatic carbocycles. The van der Waals surface area contributed by atoms with E-state index in [0.717, 1.165) is 24.4 Å². The molecule has 1 rings (SSSR count). The number of ketones is 1. The van der Waals surface area contributed by atoms with Crippen LogP contribution in [0.3, 0.4) is 0 Å². The Morgan fingerprint density at radius 2 is 2.05 bits per heavy atom. The number of hydrogen-bond donors (Lipinski definition) is 0. The Balaban J connectivity index is 2.55. The van der Waals surface area contributed by atoms with Gasteiger partial charge in [-0.25, -0.2) is 0 Å². The van der Waals surface area contributed by atoms with Crippen molar-refractivity contribution in [2.45, 2.75) is 67.3 Å². The van der Waals surface area contributed by atoms with Crippen LogP contribution in [0.1, 0.15) is 58.8 Å². The Morgan fingerprint density at radius 3 is 2.58 bits per heavy atom. The molecule has 0 radical (unpaired) electrons. The number of rotatable bonds is 6. The zero-order valence-electron chi connectivity index (χ0n) is 13.3. The molecular formula is C16H28N2O. The number of Topliss-reactive ketones (excluding diaryl/α,β-unsaturated/α-hetero) is 1. The Morgan fingerprint density at radius 1 is 1.42 bits per heavy atom. The van der Waals surface area contributed by atoms with Gasteiger partial charge in [0.25, 0.3) is 0 Å². The topological polar surface area (TPSA) is 34.9 Å². The van der Waals surface area contributed by atoms with Crippen molar-refractivity contribution >= 4 is 5.78 Å². The van der Waals surface area contributed by atoms with Gasteiger partial charge in [-0.1, -0.05) is 27.7 Å². The van der Waals surface area contributed by atoms with Gasteiger partial charge < -0.3 is 0 Å². The van der Waals surface area contributed by atoms with E-state index in [1.54, 1.807) is 0 Å². The number of nitrogens with zero attached hydrogens (tertiary/aromatic N) is 2. The molecule has 1 heterocycles. The smallest absolute Gasteiger partial charge is 0.139 e. The Hall–Kier alpha value is -1.12. The van der Waals surface area contributed by atoms with Gasteiger partial charge in [-0.05, 0) is 37.7 Å². The van der Waals surface area contributed by atoms with Crippen LogP contribution < -0.4 is 0 Å². The molecule has 1 atom stereocenters. The van der Waals surface area contributed by atoms with Crippen LogP contribution in [0.4, 0.5) is 0 Å².